The van der Waals surface area contributed by atoms with Crippen LogP contribution in [-0.2, 0) is 9.59 Å². The molecule has 4 nitrogen and oxygen atoms in total. The molecule has 0 aliphatic rings. The minimum absolute atomic E-state index is 0. The maximum Gasteiger partial charge on any atom is 0.308 e. The summed E-state index contributed by atoms with van der Waals surface area (Å²) in [5.74, 6) is -0.417. The van der Waals surface area contributed by atoms with Crippen molar-refractivity contribution in [2.75, 3.05) is 0 Å². The number of carbonyl (C=O) groups is 2. The normalized spacial score (nSPS) is 8.12. The molecule has 90 valence electrons. The summed E-state index contributed by atoms with van der Waals surface area (Å²) in [7, 11) is 0. The molecule has 0 amide bonds. The molecule has 1 rings (SSSR count). The van der Waals surface area contributed by atoms with Crippen LogP contribution in [0.2, 0.25) is 0 Å². The molecule has 1 aromatic carbocycles. The summed E-state index contributed by atoms with van der Waals surface area (Å²) in [4.78, 5) is 21.4. The monoisotopic (exact) mass is 354 g/mol. The van der Waals surface area contributed by atoms with Crippen LogP contribution < -0.4 is 9.47 Å². The predicted octanol–water partition coefficient (Wildman–Crippen LogP) is 2.69. The fourth-order valence-electron chi connectivity index (χ4n) is 0.928. The van der Waals surface area contributed by atoms with E-state index in [0.717, 1.165) is 0 Å². The van der Waals surface area contributed by atoms with Gasteiger partial charge in [0.1, 0.15) is 0 Å². The third kappa shape index (κ3) is 5.87. The van der Waals surface area contributed by atoms with E-state index in [2.05, 4.69) is 0 Å². The van der Waals surface area contributed by atoms with Crippen molar-refractivity contribution in [2.24, 2.45) is 0 Å². The van der Waals surface area contributed by atoms with Crippen molar-refractivity contribution in [3.63, 3.8) is 0 Å². The van der Waals surface area contributed by atoms with Gasteiger partial charge in [0, 0.05) is 13.8 Å². The van der Waals surface area contributed by atoms with E-state index >= 15 is 0 Å². The first-order valence-electron chi connectivity index (χ1n) is 4.05. The summed E-state index contributed by atoms with van der Waals surface area (Å²) in [5.41, 5.74) is 0. The zero-order valence-corrected chi connectivity index (χ0v) is 12.2. The lowest BCUT2D eigenvalue weighted by molar-refractivity contribution is -0.134. The number of para-hydroxylation sites is 2. The molecule has 0 bridgehead atoms. The quantitative estimate of drug-likeness (QED) is 0.604. The molecule has 6 heteroatoms. The van der Waals surface area contributed by atoms with E-state index in [1.54, 1.807) is 24.3 Å². The van der Waals surface area contributed by atoms with Crippen LogP contribution >= 0.6 is 34.0 Å². The van der Waals surface area contributed by atoms with Crippen molar-refractivity contribution in [1.29, 1.82) is 0 Å². The van der Waals surface area contributed by atoms with E-state index in [1.807, 2.05) is 0 Å². The van der Waals surface area contributed by atoms with Crippen molar-refractivity contribution in [1.82, 2.24) is 0 Å². The third-order valence-corrected chi connectivity index (χ3v) is 1.36. The maximum atomic E-state index is 10.7. The Balaban J connectivity index is 0. The summed E-state index contributed by atoms with van der Waals surface area (Å²) < 4.78 is 9.66. The lowest BCUT2D eigenvalue weighted by atomic mass is 10.3. The number of hydrogen-bond donors (Lipinski definition) is 0. The Morgan fingerprint density at radius 3 is 1.44 bits per heavy atom. The highest BCUT2D eigenvalue weighted by molar-refractivity contribution is 8.93. The first kappa shape index (κ1) is 17.5. The van der Waals surface area contributed by atoms with E-state index in [1.165, 1.54) is 13.8 Å². The Kier molecular flexibility index (Phi) is 9.08. The van der Waals surface area contributed by atoms with Gasteiger partial charge in [-0.2, -0.15) is 0 Å². The van der Waals surface area contributed by atoms with Gasteiger partial charge >= 0.3 is 11.9 Å². The van der Waals surface area contributed by atoms with Gasteiger partial charge in [-0.1, -0.05) is 12.1 Å². The molecule has 1 aromatic rings. The minimum Gasteiger partial charge on any atom is -0.423 e. The van der Waals surface area contributed by atoms with Gasteiger partial charge in [0.15, 0.2) is 11.5 Å². The summed E-state index contributed by atoms with van der Waals surface area (Å²) in [6, 6.07) is 6.48. The van der Waals surface area contributed by atoms with Gasteiger partial charge in [-0.25, -0.2) is 0 Å². The molecule has 0 aromatic heterocycles. The Bertz CT molecular complexity index is 331. The van der Waals surface area contributed by atoms with Crippen molar-refractivity contribution in [3.05, 3.63) is 24.3 Å². The molecule has 16 heavy (non-hydrogen) atoms. The number of ether oxygens (including phenoxy) is 2. The summed E-state index contributed by atoms with van der Waals surface area (Å²) >= 11 is 0. The second kappa shape index (κ2) is 8.29. The predicted molar refractivity (Wildman–Crippen MR) is 69.7 cm³/mol. The molecule has 0 aliphatic carbocycles. The first-order valence-corrected chi connectivity index (χ1v) is 4.05. The Hall–Kier alpha value is -0.880. The second-order valence-corrected chi connectivity index (χ2v) is 2.63. The largest absolute Gasteiger partial charge is 0.423 e. The fourth-order valence-corrected chi connectivity index (χ4v) is 0.928. The number of halogens is 2. The lowest BCUT2D eigenvalue weighted by Gasteiger charge is -2.06. The van der Waals surface area contributed by atoms with Crippen molar-refractivity contribution < 1.29 is 19.1 Å². The summed E-state index contributed by atoms with van der Waals surface area (Å²) in [6.45, 7) is 2.56. The molecule has 0 atom stereocenters. The van der Waals surface area contributed by atoms with Crippen molar-refractivity contribution in [3.8, 4) is 11.5 Å². The summed E-state index contributed by atoms with van der Waals surface area (Å²) in [6.07, 6.45) is 0. The number of benzene rings is 1. The lowest BCUT2D eigenvalue weighted by Crippen LogP contribution is -2.06. The van der Waals surface area contributed by atoms with Crippen LogP contribution in [0.3, 0.4) is 0 Å². The SMILES string of the molecule is Br.Br.CC(=O)Oc1ccccc1OC(C)=O. The van der Waals surface area contributed by atoms with Crippen LogP contribution in [-0.4, -0.2) is 11.9 Å². The third-order valence-electron chi connectivity index (χ3n) is 1.36. The van der Waals surface area contributed by atoms with Gasteiger partial charge in [0.25, 0.3) is 0 Å². The molecule has 0 unspecified atom stereocenters. The molecule has 0 saturated carbocycles. The van der Waals surface area contributed by atoms with Crippen LogP contribution in [0, 0.1) is 0 Å². The Labute approximate surface area is 114 Å². The highest BCUT2D eigenvalue weighted by atomic mass is 79.9. The van der Waals surface area contributed by atoms with Crippen molar-refractivity contribution >= 4 is 45.9 Å². The average Bonchev–Trinajstić information content (AvgIpc) is 2.06. The highest BCUT2D eigenvalue weighted by Crippen LogP contribution is 2.26. The van der Waals surface area contributed by atoms with E-state index in [-0.39, 0.29) is 45.5 Å². The number of rotatable bonds is 2. The van der Waals surface area contributed by atoms with Crippen molar-refractivity contribution in [2.45, 2.75) is 13.8 Å². The van der Waals surface area contributed by atoms with Gasteiger partial charge in [-0.3, -0.25) is 9.59 Å². The van der Waals surface area contributed by atoms with Crippen LogP contribution in [0.25, 0.3) is 0 Å². The molecule has 0 N–H and O–H groups in total. The molecule has 0 radical (unpaired) electrons. The fraction of sp³-hybridized carbons (Fsp3) is 0.200. The van der Waals surface area contributed by atoms with Gasteiger partial charge in [0.2, 0.25) is 0 Å². The molecular weight excluding hydrogens is 344 g/mol. The van der Waals surface area contributed by atoms with Crippen LogP contribution in [0.15, 0.2) is 24.3 Å². The zero-order valence-electron chi connectivity index (χ0n) is 8.76. The highest BCUT2D eigenvalue weighted by Gasteiger charge is 2.07. The van der Waals surface area contributed by atoms with E-state index in [0.29, 0.717) is 0 Å². The molecule has 0 spiro atoms. The van der Waals surface area contributed by atoms with Crippen LogP contribution in [0.5, 0.6) is 11.5 Å². The Morgan fingerprint density at radius 2 is 1.19 bits per heavy atom. The number of carbonyl (C=O) groups excluding carboxylic acids is 2. The van der Waals surface area contributed by atoms with E-state index in [4.69, 9.17) is 9.47 Å². The minimum atomic E-state index is -0.454. The molecular formula is C10H12Br2O4. The zero-order chi connectivity index (χ0) is 10.6. The molecule has 0 aliphatic heterocycles. The summed E-state index contributed by atoms with van der Waals surface area (Å²) in [5, 5.41) is 0. The smallest absolute Gasteiger partial charge is 0.308 e. The maximum absolute atomic E-state index is 10.7. The van der Waals surface area contributed by atoms with E-state index < -0.39 is 11.9 Å². The number of hydrogen-bond acceptors (Lipinski definition) is 4. The number of esters is 2. The average molecular weight is 356 g/mol. The van der Waals surface area contributed by atoms with Gasteiger partial charge in [-0.15, -0.1) is 34.0 Å². The molecule has 0 heterocycles. The van der Waals surface area contributed by atoms with E-state index in [9.17, 15) is 9.59 Å². The standard InChI is InChI=1S/C10H10O4.2BrH/c1-7(11)13-9-5-3-4-6-10(9)14-8(2)12;;/h3-6H,1-2H3;2*1H. The first-order chi connectivity index (χ1) is 6.59. The van der Waals surface area contributed by atoms with Gasteiger partial charge in [-0.05, 0) is 12.1 Å². The van der Waals surface area contributed by atoms with Gasteiger partial charge in [0.05, 0.1) is 0 Å². The second-order valence-electron chi connectivity index (χ2n) is 2.63. The molecule has 0 fully saturated rings. The molecule has 0 saturated heterocycles. The van der Waals surface area contributed by atoms with Crippen LogP contribution in [0.1, 0.15) is 13.8 Å². The van der Waals surface area contributed by atoms with Crippen LogP contribution in [0.4, 0.5) is 0 Å². The Morgan fingerprint density at radius 1 is 0.875 bits per heavy atom. The topological polar surface area (TPSA) is 52.6 Å². The van der Waals surface area contributed by atoms with Gasteiger partial charge < -0.3 is 9.47 Å².